The Kier molecular flexibility index (Phi) is 4.09. The number of nitrogens with one attached hydrogen (secondary N) is 1. The number of hydrogen-bond acceptors (Lipinski definition) is 2. The van der Waals surface area contributed by atoms with Gasteiger partial charge in [-0.3, -0.25) is 11.3 Å². The van der Waals surface area contributed by atoms with Gasteiger partial charge in [0, 0.05) is 5.41 Å². The lowest BCUT2D eigenvalue weighted by molar-refractivity contribution is 0.303. The van der Waals surface area contributed by atoms with Crippen molar-refractivity contribution in [2.75, 3.05) is 0 Å². The first-order valence-corrected chi connectivity index (χ1v) is 7.84. The maximum Gasteiger partial charge on any atom is 0.0556 e. The molecule has 1 atom stereocenters. The van der Waals surface area contributed by atoms with Crippen LogP contribution in [0.4, 0.5) is 0 Å². The molecule has 2 aromatic rings. The molecule has 110 valence electrons. The average Bonchev–Trinajstić information content (AvgIpc) is 3.00. The maximum atomic E-state index is 6.01. The van der Waals surface area contributed by atoms with Crippen LogP contribution in [-0.2, 0) is 5.41 Å². The van der Waals surface area contributed by atoms with Gasteiger partial charge in [-0.15, -0.1) is 0 Å². The van der Waals surface area contributed by atoms with E-state index in [1.54, 1.807) is 0 Å². The monoisotopic (exact) mass is 280 g/mol. The van der Waals surface area contributed by atoms with E-state index in [0.29, 0.717) is 0 Å². The largest absolute Gasteiger partial charge is 0.271 e. The molecular formula is C19H24N2. The minimum atomic E-state index is 0.115. The minimum Gasteiger partial charge on any atom is -0.271 e. The zero-order valence-corrected chi connectivity index (χ0v) is 12.7. The molecule has 2 nitrogen and oxygen atoms in total. The molecule has 2 aromatic carbocycles. The molecule has 1 fully saturated rings. The molecular weight excluding hydrogens is 256 g/mol. The Hall–Kier alpha value is -1.64. The summed E-state index contributed by atoms with van der Waals surface area (Å²) in [5.74, 6) is 6.01. The fourth-order valence-electron chi connectivity index (χ4n) is 3.94. The van der Waals surface area contributed by atoms with Gasteiger partial charge in [-0.25, -0.2) is 0 Å². The molecule has 2 heteroatoms. The van der Waals surface area contributed by atoms with Crippen molar-refractivity contribution in [3.8, 4) is 0 Å². The molecule has 0 heterocycles. The van der Waals surface area contributed by atoms with Gasteiger partial charge in [0.25, 0.3) is 0 Å². The van der Waals surface area contributed by atoms with Gasteiger partial charge in [-0.1, -0.05) is 73.0 Å². The molecule has 1 aliphatic rings. The summed E-state index contributed by atoms with van der Waals surface area (Å²) < 4.78 is 0. The van der Waals surface area contributed by atoms with E-state index in [1.807, 2.05) is 0 Å². The second-order valence-corrected chi connectivity index (χ2v) is 6.24. The zero-order valence-electron chi connectivity index (χ0n) is 12.7. The molecule has 21 heavy (non-hydrogen) atoms. The summed E-state index contributed by atoms with van der Waals surface area (Å²) in [5.41, 5.74) is 7.23. The lowest BCUT2D eigenvalue weighted by atomic mass is 9.70. The summed E-state index contributed by atoms with van der Waals surface area (Å²) in [6.45, 7) is 2.14. The Balaban J connectivity index is 2.07. The predicted molar refractivity (Wildman–Crippen MR) is 87.8 cm³/mol. The van der Waals surface area contributed by atoms with E-state index in [-0.39, 0.29) is 11.5 Å². The van der Waals surface area contributed by atoms with Crippen LogP contribution in [0.15, 0.2) is 54.6 Å². The summed E-state index contributed by atoms with van der Waals surface area (Å²) >= 11 is 0. The number of nitrogens with two attached hydrogens (primary N) is 1. The molecule has 0 radical (unpaired) electrons. The summed E-state index contributed by atoms with van der Waals surface area (Å²) in [5, 5.41) is 0. The van der Waals surface area contributed by atoms with Crippen LogP contribution >= 0.6 is 0 Å². The number of hydrazine groups is 1. The second-order valence-electron chi connectivity index (χ2n) is 6.24. The molecule has 0 spiro atoms. The Morgan fingerprint density at radius 3 is 2.33 bits per heavy atom. The predicted octanol–water partition coefficient (Wildman–Crippen LogP) is 4.01. The van der Waals surface area contributed by atoms with E-state index in [4.69, 9.17) is 5.84 Å². The number of rotatable bonds is 4. The fraction of sp³-hybridized carbons (Fsp3) is 0.368. The number of benzene rings is 2. The van der Waals surface area contributed by atoms with Crippen molar-refractivity contribution >= 4 is 0 Å². The first-order valence-electron chi connectivity index (χ1n) is 7.84. The average molecular weight is 280 g/mol. The van der Waals surface area contributed by atoms with Gasteiger partial charge >= 0.3 is 0 Å². The van der Waals surface area contributed by atoms with E-state index in [1.165, 1.54) is 42.4 Å². The molecule has 0 amide bonds. The topological polar surface area (TPSA) is 38.0 Å². The van der Waals surface area contributed by atoms with E-state index >= 15 is 0 Å². The molecule has 0 bridgehead atoms. The first kappa shape index (κ1) is 14.3. The summed E-state index contributed by atoms with van der Waals surface area (Å²) in [7, 11) is 0. The Bertz CT molecular complexity index is 586. The van der Waals surface area contributed by atoms with Crippen molar-refractivity contribution in [1.29, 1.82) is 0 Å². The van der Waals surface area contributed by atoms with Gasteiger partial charge in [0.2, 0.25) is 0 Å². The third kappa shape index (κ3) is 2.61. The first-order chi connectivity index (χ1) is 10.3. The van der Waals surface area contributed by atoms with Crippen LogP contribution in [-0.4, -0.2) is 0 Å². The van der Waals surface area contributed by atoms with E-state index in [9.17, 15) is 0 Å². The molecule has 0 saturated heterocycles. The molecule has 3 N–H and O–H groups in total. The SMILES string of the molecule is Cc1cccc(C(NN)C2(c3ccccc3)CCCC2)c1. The van der Waals surface area contributed by atoms with Crippen LogP contribution in [0.3, 0.4) is 0 Å². The van der Waals surface area contributed by atoms with Gasteiger partial charge in [-0.05, 0) is 30.9 Å². The van der Waals surface area contributed by atoms with Crippen LogP contribution in [0.25, 0.3) is 0 Å². The second kappa shape index (κ2) is 6.00. The van der Waals surface area contributed by atoms with E-state index in [0.717, 1.165) is 0 Å². The van der Waals surface area contributed by atoms with Gasteiger partial charge < -0.3 is 0 Å². The number of hydrogen-bond donors (Lipinski definition) is 2. The summed E-state index contributed by atoms with van der Waals surface area (Å²) in [4.78, 5) is 0. The molecule has 0 aliphatic heterocycles. The standard InChI is InChI=1S/C19H24N2/c1-15-8-7-9-16(14-15)18(21-20)19(12-5-6-13-19)17-10-3-2-4-11-17/h2-4,7-11,14,18,21H,5-6,12-13,20H2,1H3. The van der Waals surface area contributed by atoms with Crippen molar-refractivity contribution in [3.63, 3.8) is 0 Å². The quantitative estimate of drug-likeness (QED) is 0.656. The van der Waals surface area contributed by atoms with Crippen molar-refractivity contribution in [3.05, 3.63) is 71.3 Å². The lowest BCUT2D eigenvalue weighted by Gasteiger charge is -2.38. The highest BCUT2D eigenvalue weighted by molar-refractivity contribution is 5.35. The van der Waals surface area contributed by atoms with Crippen LogP contribution in [0, 0.1) is 6.92 Å². The molecule has 1 saturated carbocycles. The summed E-state index contributed by atoms with van der Waals surface area (Å²) in [6.07, 6.45) is 4.94. The minimum absolute atomic E-state index is 0.115. The van der Waals surface area contributed by atoms with Crippen molar-refractivity contribution in [2.24, 2.45) is 5.84 Å². The normalized spacial score (nSPS) is 18.6. The molecule has 3 rings (SSSR count). The zero-order chi connectivity index (χ0) is 14.7. The Morgan fingerprint density at radius 2 is 1.71 bits per heavy atom. The van der Waals surface area contributed by atoms with E-state index < -0.39 is 0 Å². The highest BCUT2D eigenvalue weighted by Gasteiger charge is 2.43. The smallest absolute Gasteiger partial charge is 0.0556 e. The molecule has 0 aromatic heterocycles. The van der Waals surface area contributed by atoms with Crippen LogP contribution < -0.4 is 11.3 Å². The number of aryl methyl sites for hydroxylation is 1. The highest BCUT2D eigenvalue weighted by atomic mass is 15.2. The maximum absolute atomic E-state index is 6.01. The highest BCUT2D eigenvalue weighted by Crippen LogP contribution is 2.49. The third-order valence-corrected chi connectivity index (χ3v) is 4.94. The van der Waals surface area contributed by atoms with Crippen LogP contribution in [0.2, 0.25) is 0 Å². The molecule has 1 unspecified atom stereocenters. The fourth-order valence-corrected chi connectivity index (χ4v) is 3.94. The van der Waals surface area contributed by atoms with Crippen molar-refractivity contribution in [1.82, 2.24) is 5.43 Å². The summed E-state index contributed by atoms with van der Waals surface area (Å²) in [6, 6.07) is 19.8. The molecule has 1 aliphatic carbocycles. The van der Waals surface area contributed by atoms with Gasteiger partial charge in [0.1, 0.15) is 0 Å². The van der Waals surface area contributed by atoms with Crippen LogP contribution in [0.1, 0.15) is 48.4 Å². The van der Waals surface area contributed by atoms with Crippen LogP contribution in [0.5, 0.6) is 0 Å². The Morgan fingerprint density at radius 1 is 1.00 bits per heavy atom. The third-order valence-electron chi connectivity index (χ3n) is 4.94. The Labute approximate surface area is 127 Å². The van der Waals surface area contributed by atoms with E-state index in [2.05, 4.69) is 66.9 Å². The van der Waals surface area contributed by atoms with Crippen molar-refractivity contribution in [2.45, 2.75) is 44.1 Å². The van der Waals surface area contributed by atoms with Gasteiger partial charge in [0.15, 0.2) is 0 Å². The van der Waals surface area contributed by atoms with Gasteiger partial charge in [0.05, 0.1) is 6.04 Å². The van der Waals surface area contributed by atoms with Crippen molar-refractivity contribution < 1.29 is 0 Å². The van der Waals surface area contributed by atoms with Gasteiger partial charge in [-0.2, -0.15) is 0 Å². The lowest BCUT2D eigenvalue weighted by Crippen LogP contribution is -2.43.